The van der Waals surface area contributed by atoms with Gasteiger partial charge in [0.15, 0.2) is 5.79 Å². The van der Waals surface area contributed by atoms with Crippen LogP contribution in [0.4, 0.5) is 0 Å². The molecule has 1 saturated heterocycles. The molecule has 3 saturated carbocycles. The van der Waals surface area contributed by atoms with Gasteiger partial charge in [0, 0.05) is 24.7 Å². The Morgan fingerprint density at radius 1 is 1.24 bits per heavy atom. The second-order valence-corrected chi connectivity index (χ2v) is 11.1. The Morgan fingerprint density at radius 3 is 2.64 bits per heavy atom. The number of hydrogen-bond donors (Lipinski definition) is 3. The lowest BCUT2D eigenvalue weighted by Crippen LogP contribution is -2.54. The van der Waals surface area contributed by atoms with E-state index in [0.717, 1.165) is 32.1 Å². The van der Waals surface area contributed by atoms with Gasteiger partial charge in [-0.25, -0.2) is 4.79 Å². The molecule has 0 amide bonds. The van der Waals surface area contributed by atoms with Crippen molar-refractivity contribution in [3.8, 4) is 0 Å². The van der Waals surface area contributed by atoms with E-state index < -0.39 is 22.8 Å². The summed E-state index contributed by atoms with van der Waals surface area (Å²) in [6, 6.07) is 0. The van der Waals surface area contributed by atoms with E-state index in [0.29, 0.717) is 61.6 Å². The summed E-state index contributed by atoms with van der Waals surface area (Å²) in [6.07, 6.45) is 8.90. The molecule has 0 bridgehead atoms. The zero-order chi connectivity index (χ0) is 23.6. The number of aliphatic hydroxyl groups excluding tert-OH is 1. The van der Waals surface area contributed by atoms with Crippen molar-refractivity contribution >= 4 is 5.97 Å². The Bertz CT molecular complexity index is 940. The van der Waals surface area contributed by atoms with E-state index in [2.05, 4.69) is 26.2 Å². The molecule has 0 aromatic heterocycles. The molecule has 4 fully saturated rings. The van der Waals surface area contributed by atoms with Crippen LogP contribution in [0.25, 0.3) is 0 Å². The minimum absolute atomic E-state index is 0.0417. The SMILES string of the molecule is C=C1C[C@@]2(C)[C@@H](CC[C@@]2(O)C(=C)C/C(=C/O)C(=O)O)[C@@H]2CC=C3CC4(CC[C@@H]3[C@@H]12)OCCO4. The lowest BCUT2D eigenvalue weighted by Gasteiger charge is -2.57. The fourth-order valence-corrected chi connectivity index (χ4v) is 8.16. The molecule has 0 aromatic carbocycles. The van der Waals surface area contributed by atoms with Crippen LogP contribution in [0.15, 0.2) is 47.8 Å². The van der Waals surface area contributed by atoms with Crippen molar-refractivity contribution in [3.63, 3.8) is 0 Å². The first kappa shape index (κ1) is 22.9. The largest absolute Gasteiger partial charge is 0.515 e. The van der Waals surface area contributed by atoms with Crippen molar-refractivity contribution in [1.82, 2.24) is 0 Å². The molecule has 5 aliphatic rings. The summed E-state index contributed by atoms with van der Waals surface area (Å²) >= 11 is 0. The number of aliphatic hydroxyl groups is 2. The third-order valence-corrected chi connectivity index (χ3v) is 9.73. The van der Waals surface area contributed by atoms with Gasteiger partial charge in [-0.2, -0.15) is 0 Å². The predicted octanol–water partition coefficient (Wildman–Crippen LogP) is 4.67. The molecule has 6 heteroatoms. The Kier molecular flexibility index (Phi) is 5.42. The van der Waals surface area contributed by atoms with E-state index in [4.69, 9.17) is 9.47 Å². The number of hydrogen-bond acceptors (Lipinski definition) is 5. The Morgan fingerprint density at radius 2 is 1.97 bits per heavy atom. The zero-order valence-electron chi connectivity index (χ0n) is 19.5. The number of aliphatic carboxylic acids is 1. The van der Waals surface area contributed by atoms with Gasteiger partial charge >= 0.3 is 5.97 Å². The highest BCUT2D eigenvalue weighted by Gasteiger charge is 2.64. The smallest absolute Gasteiger partial charge is 0.335 e. The number of carboxylic acids is 1. The molecule has 180 valence electrons. The van der Waals surface area contributed by atoms with Crippen molar-refractivity contribution in [1.29, 1.82) is 0 Å². The van der Waals surface area contributed by atoms with Crippen LogP contribution in [0.5, 0.6) is 0 Å². The standard InChI is InChI=1S/C27H36O6/c1-16-13-25(3)22(7-9-27(25,31)17(2)12-19(15-28)24(29)30)21-5-4-18-14-26(32-10-11-33-26)8-6-20(18)23(16)21/h4,15,20-23,28,31H,1-2,5-14H2,3H3,(H,29,30)/b19-15-/t20-,21-,22-,23+,25-,27+/m0/s1. The van der Waals surface area contributed by atoms with Crippen LogP contribution in [-0.2, 0) is 14.3 Å². The summed E-state index contributed by atoms with van der Waals surface area (Å²) in [5.41, 5.74) is 1.35. The molecule has 6 atom stereocenters. The van der Waals surface area contributed by atoms with Gasteiger partial charge in [0.25, 0.3) is 0 Å². The third-order valence-electron chi connectivity index (χ3n) is 9.73. The van der Waals surface area contributed by atoms with Crippen LogP contribution in [-0.4, -0.2) is 45.9 Å². The van der Waals surface area contributed by atoms with Crippen LogP contribution in [0.1, 0.15) is 58.3 Å². The maximum Gasteiger partial charge on any atom is 0.335 e. The van der Waals surface area contributed by atoms with Gasteiger partial charge in [-0.1, -0.05) is 37.3 Å². The van der Waals surface area contributed by atoms with Crippen LogP contribution in [0, 0.1) is 29.1 Å². The summed E-state index contributed by atoms with van der Waals surface area (Å²) in [4.78, 5) is 11.4. The molecule has 33 heavy (non-hydrogen) atoms. The minimum Gasteiger partial charge on any atom is -0.515 e. The van der Waals surface area contributed by atoms with Gasteiger partial charge in [0.05, 0.1) is 30.6 Å². The summed E-state index contributed by atoms with van der Waals surface area (Å²) < 4.78 is 12.0. The van der Waals surface area contributed by atoms with Crippen LogP contribution in [0.2, 0.25) is 0 Å². The number of allylic oxidation sites excluding steroid dienone is 2. The Hall–Kier alpha value is -1.89. The van der Waals surface area contributed by atoms with Gasteiger partial charge in [-0.3, -0.25) is 0 Å². The van der Waals surface area contributed by atoms with Gasteiger partial charge < -0.3 is 24.8 Å². The second kappa shape index (κ2) is 7.82. The topological polar surface area (TPSA) is 96.2 Å². The fourth-order valence-electron chi connectivity index (χ4n) is 8.16. The molecule has 1 spiro atoms. The first-order valence-electron chi connectivity index (χ1n) is 12.3. The monoisotopic (exact) mass is 456 g/mol. The summed E-state index contributed by atoms with van der Waals surface area (Å²) in [6.45, 7) is 12.1. The van der Waals surface area contributed by atoms with Gasteiger partial charge in [0.1, 0.15) is 0 Å². The Balaban J connectivity index is 1.41. The van der Waals surface area contributed by atoms with E-state index in [1.54, 1.807) is 0 Å². The van der Waals surface area contributed by atoms with Crippen molar-refractivity contribution in [2.45, 2.75) is 69.7 Å². The first-order chi connectivity index (χ1) is 15.6. The van der Waals surface area contributed by atoms with Gasteiger partial charge in [-0.15, -0.1) is 0 Å². The summed E-state index contributed by atoms with van der Waals surface area (Å²) in [7, 11) is 0. The molecule has 4 aliphatic carbocycles. The highest BCUT2D eigenvalue weighted by Crippen LogP contribution is 2.67. The van der Waals surface area contributed by atoms with Crippen LogP contribution >= 0.6 is 0 Å². The molecule has 3 N–H and O–H groups in total. The van der Waals surface area contributed by atoms with Crippen molar-refractivity contribution in [2.75, 3.05) is 13.2 Å². The zero-order valence-corrected chi connectivity index (χ0v) is 19.5. The van der Waals surface area contributed by atoms with E-state index >= 15 is 0 Å². The second-order valence-electron chi connectivity index (χ2n) is 11.1. The molecule has 0 radical (unpaired) electrons. The molecule has 0 aromatic rings. The van der Waals surface area contributed by atoms with Gasteiger partial charge in [0.2, 0.25) is 0 Å². The maximum atomic E-state index is 11.9. The number of carboxylic acid groups (broad SMARTS) is 1. The van der Waals surface area contributed by atoms with E-state index in [1.165, 1.54) is 11.1 Å². The lowest BCUT2D eigenvalue weighted by atomic mass is 9.49. The minimum atomic E-state index is -1.19. The van der Waals surface area contributed by atoms with Crippen molar-refractivity contribution < 1.29 is 29.6 Å². The average molecular weight is 457 g/mol. The molecule has 1 aliphatic heterocycles. The lowest BCUT2D eigenvalue weighted by molar-refractivity contribution is -0.175. The van der Waals surface area contributed by atoms with Crippen LogP contribution in [0.3, 0.4) is 0 Å². The highest BCUT2D eigenvalue weighted by molar-refractivity contribution is 5.86. The average Bonchev–Trinajstić information content (AvgIpc) is 3.33. The third kappa shape index (κ3) is 3.28. The van der Waals surface area contributed by atoms with Crippen molar-refractivity contribution in [2.24, 2.45) is 29.1 Å². The van der Waals surface area contributed by atoms with E-state index in [1.807, 2.05) is 0 Å². The fraction of sp³-hybridized carbons (Fsp3) is 0.667. The summed E-state index contributed by atoms with van der Waals surface area (Å²) in [5, 5.41) is 30.6. The molecule has 0 unspecified atom stereocenters. The molecule has 6 nitrogen and oxygen atoms in total. The maximum absolute atomic E-state index is 11.9. The first-order valence-corrected chi connectivity index (χ1v) is 12.3. The normalized spacial score (nSPS) is 41.8. The number of fused-ring (bicyclic) bond motifs is 5. The highest BCUT2D eigenvalue weighted by atomic mass is 16.7. The molecule has 5 rings (SSSR count). The van der Waals surface area contributed by atoms with Crippen LogP contribution < -0.4 is 0 Å². The Labute approximate surface area is 195 Å². The van der Waals surface area contributed by atoms with E-state index in [9.17, 15) is 20.1 Å². The molecule has 1 heterocycles. The molecular formula is C27H36O6. The quantitative estimate of drug-likeness (QED) is 0.323. The predicted molar refractivity (Wildman–Crippen MR) is 123 cm³/mol. The summed E-state index contributed by atoms with van der Waals surface area (Å²) in [5.74, 6) is -0.0123. The number of ether oxygens (including phenoxy) is 2. The molecular weight excluding hydrogens is 420 g/mol. The van der Waals surface area contributed by atoms with Crippen molar-refractivity contribution in [3.05, 3.63) is 47.8 Å². The van der Waals surface area contributed by atoms with Gasteiger partial charge in [-0.05, 0) is 61.3 Å². The van der Waals surface area contributed by atoms with E-state index in [-0.39, 0.29) is 12.0 Å². The number of carbonyl (C=O) groups is 1. The number of rotatable bonds is 4.